The Morgan fingerprint density at radius 2 is 1.29 bits per heavy atom. The highest BCUT2D eigenvalue weighted by molar-refractivity contribution is 7.90. The first-order chi connectivity index (χ1) is 11.2. The minimum Gasteiger partial charge on any atom is -0.229 e. The van der Waals surface area contributed by atoms with Crippen LogP contribution in [0.4, 0.5) is 0 Å². The summed E-state index contributed by atoms with van der Waals surface area (Å²) in [6.45, 7) is 2.27. The van der Waals surface area contributed by atoms with Crippen molar-refractivity contribution < 1.29 is 16.8 Å². The van der Waals surface area contributed by atoms with E-state index in [9.17, 15) is 16.8 Å². The van der Waals surface area contributed by atoms with Gasteiger partial charge in [0.1, 0.15) is 0 Å². The molecule has 0 aliphatic carbocycles. The van der Waals surface area contributed by atoms with E-state index in [1.165, 1.54) is 29.8 Å². The quantitative estimate of drug-likeness (QED) is 0.814. The van der Waals surface area contributed by atoms with E-state index in [4.69, 9.17) is 0 Å². The molecule has 0 radical (unpaired) electrons. The number of sulfonamides is 1. The van der Waals surface area contributed by atoms with Gasteiger partial charge in [0.05, 0.1) is 10.6 Å². The van der Waals surface area contributed by atoms with E-state index in [1.54, 1.807) is 0 Å². The van der Waals surface area contributed by atoms with Crippen LogP contribution in [-0.4, -0.2) is 23.1 Å². The zero-order valence-electron chi connectivity index (χ0n) is 13.7. The van der Waals surface area contributed by atoms with Gasteiger partial charge in [-0.15, -0.1) is 0 Å². The van der Waals surface area contributed by atoms with E-state index in [0.717, 1.165) is 18.2 Å². The smallest absolute Gasteiger partial charge is 0.229 e. The molecule has 0 heterocycles. The first-order valence-corrected chi connectivity index (χ1v) is 11.1. The fraction of sp³-hybridized carbons (Fsp3) is 0.294. The fourth-order valence-corrected chi connectivity index (χ4v) is 4.04. The highest BCUT2D eigenvalue weighted by Crippen LogP contribution is 2.13. The lowest BCUT2D eigenvalue weighted by molar-refractivity contribution is 0.581. The summed E-state index contributed by atoms with van der Waals surface area (Å²) in [6, 6.07) is 13.6. The Kier molecular flexibility index (Phi) is 5.79. The summed E-state index contributed by atoms with van der Waals surface area (Å²) in [4.78, 5) is 0.116. The summed E-state index contributed by atoms with van der Waals surface area (Å²) in [5.74, 6) is -0.107. The van der Waals surface area contributed by atoms with Crippen molar-refractivity contribution in [1.29, 1.82) is 0 Å². The minimum atomic E-state index is -3.63. The van der Waals surface area contributed by atoms with Gasteiger partial charge in [0, 0.05) is 12.8 Å². The second kappa shape index (κ2) is 7.46. The molecule has 7 heteroatoms. The molecule has 0 aliphatic heterocycles. The molecule has 0 saturated carbocycles. The molecule has 0 bridgehead atoms. The molecular formula is C17H21NO4S2. The van der Waals surface area contributed by atoms with E-state index in [0.29, 0.717) is 5.56 Å². The lowest BCUT2D eigenvalue weighted by Crippen LogP contribution is -2.23. The molecule has 5 nitrogen and oxygen atoms in total. The number of benzene rings is 2. The summed E-state index contributed by atoms with van der Waals surface area (Å²) in [5, 5.41) is 0. The lowest BCUT2D eigenvalue weighted by Gasteiger charge is -2.08. The van der Waals surface area contributed by atoms with Crippen LogP contribution in [0.25, 0.3) is 0 Å². The van der Waals surface area contributed by atoms with E-state index in [-0.39, 0.29) is 17.2 Å². The second-order valence-corrected chi connectivity index (χ2v) is 9.62. The van der Waals surface area contributed by atoms with Crippen molar-refractivity contribution in [2.75, 3.05) is 6.26 Å². The number of hydrogen-bond acceptors (Lipinski definition) is 4. The first kappa shape index (κ1) is 18.6. The normalized spacial score (nSPS) is 12.2. The van der Waals surface area contributed by atoms with Crippen molar-refractivity contribution in [3.05, 3.63) is 65.2 Å². The topological polar surface area (TPSA) is 80.3 Å². The molecule has 24 heavy (non-hydrogen) atoms. The molecule has 1 N–H and O–H groups in total. The number of sulfone groups is 1. The molecule has 0 aromatic heterocycles. The number of nitrogens with one attached hydrogen (secondary N) is 1. The van der Waals surface area contributed by atoms with Gasteiger partial charge in [0.15, 0.2) is 9.84 Å². The van der Waals surface area contributed by atoms with E-state index < -0.39 is 19.9 Å². The second-order valence-electron chi connectivity index (χ2n) is 5.71. The van der Waals surface area contributed by atoms with Crippen LogP contribution in [0.2, 0.25) is 0 Å². The average Bonchev–Trinajstić information content (AvgIpc) is 2.52. The Bertz CT molecular complexity index is 885. The van der Waals surface area contributed by atoms with Gasteiger partial charge in [-0.2, -0.15) is 0 Å². The van der Waals surface area contributed by atoms with Gasteiger partial charge in [-0.3, -0.25) is 0 Å². The zero-order valence-corrected chi connectivity index (χ0v) is 15.3. The maximum Gasteiger partial charge on any atom is 0.240 e. The highest BCUT2D eigenvalue weighted by Gasteiger charge is 2.14. The molecule has 130 valence electrons. The lowest BCUT2D eigenvalue weighted by atomic mass is 10.1. The van der Waals surface area contributed by atoms with E-state index in [1.807, 2.05) is 24.3 Å². The third kappa shape index (κ3) is 5.43. The number of hydrogen-bond donors (Lipinski definition) is 1. The Morgan fingerprint density at radius 3 is 1.79 bits per heavy atom. The van der Waals surface area contributed by atoms with Crippen LogP contribution in [0.3, 0.4) is 0 Å². The van der Waals surface area contributed by atoms with Crippen LogP contribution >= 0.6 is 0 Å². The van der Waals surface area contributed by atoms with Crippen molar-refractivity contribution in [1.82, 2.24) is 4.72 Å². The summed E-state index contributed by atoms with van der Waals surface area (Å²) in [7, 11) is -6.78. The van der Waals surface area contributed by atoms with Crippen LogP contribution in [-0.2, 0) is 38.6 Å². The predicted molar refractivity (Wildman–Crippen MR) is 94.8 cm³/mol. The number of rotatable bonds is 7. The standard InChI is InChI=1S/C17H21NO4S2/c1-3-14-4-6-15(7-5-14)12-18-24(21,22)17-10-8-16(9-11-17)13-23(2,19)20/h4-11,18H,3,12-13H2,1-2H3. The average molecular weight is 367 g/mol. The summed E-state index contributed by atoms with van der Waals surface area (Å²) in [6.07, 6.45) is 2.08. The summed E-state index contributed by atoms with van der Waals surface area (Å²) < 4.78 is 49.7. The van der Waals surface area contributed by atoms with Crippen molar-refractivity contribution in [2.45, 2.75) is 30.5 Å². The Hall–Kier alpha value is -1.70. The van der Waals surface area contributed by atoms with Gasteiger partial charge in [0.25, 0.3) is 0 Å². The fourth-order valence-electron chi connectivity index (χ4n) is 2.22. The van der Waals surface area contributed by atoms with E-state index >= 15 is 0 Å². The SMILES string of the molecule is CCc1ccc(CNS(=O)(=O)c2ccc(CS(C)(=O)=O)cc2)cc1. The molecule has 0 amide bonds. The summed E-state index contributed by atoms with van der Waals surface area (Å²) in [5.41, 5.74) is 2.64. The van der Waals surface area contributed by atoms with Crippen LogP contribution in [0, 0.1) is 0 Å². The van der Waals surface area contributed by atoms with Gasteiger partial charge in [-0.1, -0.05) is 43.3 Å². The third-order valence-corrected chi connectivity index (χ3v) is 5.83. The minimum absolute atomic E-state index is 0.107. The highest BCUT2D eigenvalue weighted by atomic mass is 32.2. The molecule has 0 fully saturated rings. The third-order valence-electron chi connectivity index (χ3n) is 3.56. The molecule has 2 aromatic rings. The van der Waals surface area contributed by atoms with Crippen LogP contribution in [0.1, 0.15) is 23.6 Å². The molecule has 0 atom stereocenters. The van der Waals surface area contributed by atoms with Crippen molar-refractivity contribution in [2.24, 2.45) is 0 Å². The van der Waals surface area contributed by atoms with Gasteiger partial charge in [-0.25, -0.2) is 21.6 Å². The Morgan fingerprint density at radius 1 is 0.792 bits per heavy atom. The van der Waals surface area contributed by atoms with Gasteiger partial charge in [0.2, 0.25) is 10.0 Å². The molecule has 0 unspecified atom stereocenters. The van der Waals surface area contributed by atoms with Crippen molar-refractivity contribution >= 4 is 19.9 Å². The zero-order chi connectivity index (χ0) is 17.8. The maximum atomic E-state index is 12.3. The molecule has 0 aliphatic rings. The van der Waals surface area contributed by atoms with Crippen molar-refractivity contribution in [3.63, 3.8) is 0 Å². The van der Waals surface area contributed by atoms with Crippen LogP contribution < -0.4 is 4.72 Å². The predicted octanol–water partition coefficient (Wildman–Crippen LogP) is 2.27. The first-order valence-electron chi connectivity index (χ1n) is 7.54. The van der Waals surface area contributed by atoms with E-state index in [2.05, 4.69) is 11.6 Å². The van der Waals surface area contributed by atoms with Crippen LogP contribution in [0.15, 0.2) is 53.4 Å². The van der Waals surface area contributed by atoms with Gasteiger partial charge in [-0.05, 0) is 35.2 Å². The van der Waals surface area contributed by atoms with Gasteiger partial charge >= 0.3 is 0 Å². The molecular weight excluding hydrogens is 346 g/mol. The molecule has 0 spiro atoms. The molecule has 2 aromatic carbocycles. The van der Waals surface area contributed by atoms with Crippen LogP contribution in [0.5, 0.6) is 0 Å². The monoisotopic (exact) mass is 367 g/mol. The van der Waals surface area contributed by atoms with Gasteiger partial charge < -0.3 is 0 Å². The Balaban J connectivity index is 2.06. The maximum absolute atomic E-state index is 12.3. The largest absolute Gasteiger partial charge is 0.240 e. The molecule has 2 rings (SSSR count). The van der Waals surface area contributed by atoms with Crippen molar-refractivity contribution in [3.8, 4) is 0 Å². The Labute approximate surface area is 143 Å². The number of aryl methyl sites for hydroxylation is 1. The molecule has 0 saturated heterocycles. The summed E-state index contributed by atoms with van der Waals surface area (Å²) >= 11 is 0.